The summed E-state index contributed by atoms with van der Waals surface area (Å²) >= 11 is 1.32. The molecule has 0 atom stereocenters. The number of carbonyl (C=O) groups excluding carboxylic acids is 1. The fourth-order valence-corrected chi connectivity index (χ4v) is 4.60. The number of thioether (sulfide) groups is 1. The van der Waals surface area contributed by atoms with Crippen LogP contribution in [-0.2, 0) is 11.3 Å². The van der Waals surface area contributed by atoms with Crippen molar-refractivity contribution in [3.05, 3.63) is 45.9 Å². The Bertz CT molecular complexity index is 1180. The molecule has 0 radical (unpaired) electrons. The third-order valence-corrected chi connectivity index (χ3v) is 6.33. The molecule has 8 heteroatoms. The minimum absolute atomic E-state index is 0.0184. The van der Waals surface area contributed by atoms with Gasteiger partial charge in [-0.25, -0.2) is 4.98 Å². The van der Waals surface area contributed by atoms with Gasteiger partial charge < -0.3 is 14.6 Å². The summed E-state index contributed by atoms with van der Waals surface area (Å²) < 4.78 is 7.40. The number of hydrogen-bond donors (Lipinski definition) is 1. The summed E-state index contributed by atoms with van der Waals surface area (Å²) in [5, 5.41) is 0.586. The average Bonchev–Trinajstić information content (AvgIpc) is 3.11. The highest BCUT2D eigenvalue weighted by atomic mass is 32.2. The number of carbonyl (C=O) groups is 1. The Hall–Kier alpha value is -2.74. The van der Waals surface area contributed by atoms with E-state index in [4.69, 9.17) is 9.72 Å². The van der Waals surface area contributed by atoms with Crippen LogP contribution in [0.25, 0.3) is 11.0 Å². The molecule has 4 rings (SSSR count). The van der Waals surface area contributed by atoms with Crippen LogP contribution in [0.1, 0.15) is 31.5 Å². The largest absolute Gasteiger partial charge is 0.490 e. The predicted octanol–water partition coefficient (Wildman–Crippen LogP) is 3.91. The van der Waals surface area contributed by atoms with E-state index >= 15 is 0 Å². The average molecular weight is 441 g/mol. The van der Waals surface area contributed by atoms with Crippen LogP contribution in [0.3, 0.4) is 0 Å². The Balaban J connectivity index is 1.60. The van der Waals surface area contributed by atoms with Gasteiger partial charge in [0.2, 0.25) is 5.91 Å². The molecule has 31 heavy (non-hydrogen) atoms. The van der Waals surface area contributed by atoms with Crippen molar-refractivity contribution in [1.82, 2.24) is 14.5 Å². The maximum atomic E-state index is 13.1. The fraction of sp³-hybridized carbons (Fsp3) is 0.435. The van der Waals surface area contributed by atoms with E-state index in [9.17, 15) is 9.59 Å². The van der Waals surface area contributed by atoms with Gasteiger partial charge >= 0.3 is 0 Å². The highest BCUT2D eigenvalue weighted by Crippen LogP contribution is 2.33. The Labute approximate surface area is 185 Å². The topological polar surface area (TPSA) is 80.2 Å². The molecule has 2 aromatic heterocycles. The number of anilines is 1. The molecule has 1 aliphatic heterocycles. The molecule has 3 heterocycles. The number of benzene rings is 1. The van der Waals surface area contributed by atoms with Crippen molar-refractivity contribution in [2.45, 2.75) is 45.8 Å². The van der Waals surface area contributed by atoms with Crippen LogP contribution in [0.5, 0.6) is 5.75 Å². The fourth-order valence-electron chi connectivity index (χ4n) is 3.70. The quantitative estimate of drug-likeness (QED) is 0.464. The number of aromatic nitrogens is 3. The molecular formula is C23H28N4O3S. The molecule has 1 aromatic carbocycles. The summed E-state index contributed by atoms with van der Waals surface area (Å²) in [4.78, 5) is 35.8. The SMILES string of the molecule is Cc1ccc2c(c1)N(C(=O)CSc1nc3cc(C)[nH]c3c(=O)n1CCC(C)C)CCO2. The molecule has 0 saturated heterocycles. The summed E-state index contributed by atoms with van der Waals surface area (Å²) in [6.07, 6.45) is 0.865. The van der Waals surface area contributed by atoms with Crippen LogP contribution in [0, 0.1) is 19.8 Å². The Morgan fingerprint density at radius 2 is 2.10 bits per heavy atom. The molecule has 0 saturated carbocycles. The lowest BCUT2D eigenvalue weighted by atomic mass is 10.1. The first-order valence-electron chi connectivity index (χ1n) is 10.6. The van der Waals surface area contributed by atoms with Crippen LogP contribution < -0.4 is 15.2 Å². The summed E-state index contributed by atoms with van der Waals surface area (Å²) in [5.74, 6) is 1.37. The van der Waals surface area contributed by atoms with Crippen molar-refractivity contribution in [3.63, 3.8) is 0 Å². The van der Waals surface area contributed by atoms with Gasteiger partial charge in [-0.2, -0.15) is 0 Å². The molecule has 0 bridgehead atoms. The number of fused-ring (bicyclic) bond motifs is 2. The van der Waals surface area contributed by atoms with Crippen LogP contribution in [0.15, 0.2) is 34.2 Å². The van der Waals surface area contributed by atoms with Crippen molar-refractivity contribution in [2.75, 3.05) is 23.8 Å². The number of rotatable bonds is 6. The van der Waals surface area contributed by atoms with Gasteiger partial charge in [-0.3, -0.25) is 14.2 Å². The lowest BCUT2D eigenvalue weighted by Crippen LogP contribution is -2.39. The highest BCUT2D eigenvalue weighted by Gasteiger charge is 2.24. The second-order valence-electron chi connectivity index (χ2n) is 8.40. The van der Waals surface area contributed by atoms with Gasteiger partial charge in [-0.15, -0.1) is 0 Å². The van der Waals surface area contributed by atoms with Crippen molar-refractivity contribution < 1.29 is 9.53 Å². The van der Waals surface area contributed by atoms with E-state index < -0.39 is 0 Å². The monoisotopic (exact) mass is 440 g/mol. The van der Waals surface area contributed by atoms with Gasteiger partial charge in [0.15, 0.2) is 5.16 Å². The first-order valence-corrected chi connectivity index (χ1v) is 11.6. The minimum atomic E-state index is -0.0824. The summed E-state index contributed by atoms with van der Waals surface area (Å²) in [6, 6.07) is 7.73. The van der Waals surface area contributed by atoms with Crippen molar-refractivity contribution in [3.8, 4) is 5.75 Å². The molecule has 164 valence electrons. The zero-order chi connectivity index (χ0) is 22.1. The van der Waals surface area contributed by atoms with Gasteiger partial charge in [0, 0.05) is 12.2 Å². The summed E-state index contributed by atoms with van der Waals surface area (Å²) in [7, 11) is 0. The van der Waals surface area contributed by atoms with Gasteiger partial charge in [-0.1, -0.05) is 31.7 Å². The molecule has 0 unspecified atom stereocenters. The maximum absolute atomic E-state index is 13.1. The number of nitrogens with zero attached hydrogens (tertiary/aromatic N) is 3. The predicted molar refractivity (Wildman–Crippen MR) is 124 cm³/mol. The molecule has 0 fully saturated rings. The van der Waals surface area contributed by atoms with Crippen LogP contribution in [0.4, 0.5) is 5.69 Å². The standard InChI is InChI=1S/C23H28N4O3S/c1-14(2)7-8-27-22(29)21-17(12-16(4)24-21)25-23(27)31-13-20(28)26-9-10-30-19-6-5-15(3)11-18(19)26/h5-6,11-12,14,24H,7-10,13H2,1-4H3. The first-order chi connectivity index (χ1) is 14.8. The molecule has 3 aromatic rings. The Morgan fingerprint density at radius 1 is 1.29 bits per heavy atom. The molecule has 1 N–H and O–H groups in total. The summed E-state index contributed by atoms with van der Waals surface area (Å²) in [5.41, 5.74) is 3.86. The number of hydrogen-bond acceptors (Lipinski definition) is 5. The number of ether oxygens (including phenoxy) is 1. The Morgan fingerprint density at radius 3 is 2.87 bits per heavy atom. The van der Waals surface area contributed by atoms with E-state index in [2.05, 4.69) is 18.8 Å². The molecule has 0 spiro atoms. The van der Waals surface area contributed by atoms with Crippen LogP contribution in [-0.4, -0.2) is 39.3 Å². The van der Waals surface area contributed by atoms with Gasteiger partial charge in [-0.05, 0) is 49.9 Å². The zero-order valence-corrected chi connectivity index (χ0v) is 19.2. The molecule has 0 aliphatic carbocycles. The van der Waals surface area contributed by atoms with Gasteiger partial charge in [0.25, 0.3) is 5.56 Å². The van der Waals surface area contributed by atoms with Crippen molar-refractivity contribution in [1.29, 1.82) is 0 Å². The number of nitrogens with one attached hydrogen (secondary N) is 1. The second-order valence-corrected chi connectivity index (χ2v) is 9.34. The lowest BCUT2D eigenvalue weighted by molar-refractivity contribution is -0.116. The summed E-state index contributed by atoms with van der Waals surface area (Å²) in [6.45, 7) is 9.73. The zero-order valence-electron chi connectivity index (χ0n) is 18.4. The van der Waals surface area contributed by atoms with Crippen LogP contribution in [0.2, 0.25) is 0 Å². The first kappa shape index (κ1) is 21.5. The third-order valence-electron chi connectivity index (χ3n) is 5.37. The highest BCUT2D eigenvalue weighted by molar-refractivity contribution is 7.99. The van der Waals surface area contributed by atoms with Gasteiger partial charge in [0.05, 0.1) is 23.5 Å². The third kappa shape index (κ3) is 4.49. The Kier molecular flexibility index (Phi) is 6.09. The van der Waals surface area contributed by atoms with E-state index in [1.807, 2.05) is 38.1 Å². The molecule has 1 aliphatic rings. The minimum Gasteiger partial charge on any atom is -0.490 e. The molecular weight excluding hydrogens is 412 g/mol. The second kappa shape index (κ2) is 8.78. The van der Waals surface area contributed by atoms with Crippen molar-refractivity contribution >= 4 is 34.4 Å². The normalized spacial score (nSPS) is 13.5. The van der Waals surface area contributed by atoms with E-state index in [0.29, 0.717) is 41.8 Å². The van der Waals surface area contributed by atoms with E-state index in [1.54, 1.807) is 9.47 Å². The molecule has 1 amide bonds. The smallest absolute Gasteiger partial charge is 0.278 e. The number of aromatic amines is 1. The van der Waals surface area contributed by atoms with Crippen molar-refractivity contribution in [2.24, 2.45) is 5.92 Å². The number of amides is 1. The maximum Gasteiger partial charge on any atom is 0.278 e. The van der Waals surface area contributed by atoms with E-state index in [0.717, 1.165) is 29.1 Å². The number of aryl methyl sites for hydroxylation is 2. The molecule has 7 nitrogen and oxygen atoms in total. The van der Waals surface area contributed by atoms with E-state index in [-0.39, 0.29) is 17.2 Å². The number of H-pyrrole nitrogens is 1. The van der Waals surface area contributed by atoms with Crippen LogP contribution >= 0.6 is 11.8 Å². The lowest BCUT2D eigenvalue weighted by Gasteiger charge is -2.29. The van der Waals surface area contributed by atoms with E-state index in [1.165, 1.54) is 11.8 Å². The van der Waals surface area contributed by atoms with Gasteiger partial charge in [0.1, 0.15) is 17.9 Å².